The molecule has 2 heterocycles. The Morgan fingerprint density at radius 1 is 1.21 bits per heavy atom. The van der Waals surface area contributed by atoms with Gasteiger partial charge in [-0.3, -0.25) is 9.48 Å². The first-order chi connectivity index (χ1) is 11.6. The predicted octanol–water partition coefficient (Wildman–Crippen LogP) is 2.22. The molecule has 128 valence electrons. The van der Waals surface area contributed by atoms with Gasteiger partial charge in [-0.2, -0.15) is 5.10 Å². The number of benzene rings is 1. The number of hydrogen-bond donors (Lipinski definition) is 1. The molecule has 0 bridgehead atoms. The molecule has 24 heavy (non-hydrogen) atoms. The molecule has 1 aromatic carbocycles. The number of ether oxygens (including phenoxy) is 3. The second kappa shape index (κ2) is 6.64. The van der Waals surface area contributed by atoms with Gasteiger partial charge >= 0.3 is 0 Å². The van der Waals surface area contributed by atoms with Crippen LogP contribution in [0.25, 0.3) is 0 Å². The Kier molecular flexibility index (Phi) is 4.57. The average Bonchev–Trinajstić information content (AvgIpc) is 2.85. The van der Waals surface area contributed by atoms with Gasteiger partial charge < -0.3 is 19.5 Å². The van der Waals surface area contributed by atoms with Crippen LogP contribution in [0.1, 0.15) is 16.4 Å². The SMILES string of the molecule is COc1cc(C2SCC(=O)Nc3c2cnn3C)cc(OC)c1OC. The largest absolute Gasteiger partial charge is 0.493 e. The summed E-state index contributed by atoms with van der Waals surface area (Å²) in [5.74, 6) is 2.74. The van der Waals surface area contributed by atoms with E-state index in [0.29, 0.717) is 28.8 Å². The lowest BCUT2D eigenvalue weighted by Gasteiger charge is -2.18. The van der Waals surface area contributed by atoms with Crippen LogP contribution in [0.4, 0.5) is 5.82 Å². The maximum Gasteiger partial charge on any atom is 0.235 e. The molecule has 8 heteroatoms. The second-order valence-corrected chi connectivity index (χ2v) is 6.36. The van der Waals surface area contributed by atoms with Gasteiger partial charge in [-0.05, 0) is 17.7 Å². The van der Waals surface area contributed by atoms with E-state index in [0.717, 1.165) is 11.1 Å². The molecule has 3 rings (SSSR count). The highest BCUT2D eigenvalue weighted by atomic mass is 32.2. The number of aromatic nitrogens is 2. The van der Waals surface area contributed by atoms with Crippen LogP contribution in [0, 0.1) is 0 Å². The van der Waals surface area contributed by atoms with E-state index in [4.69, 9.17) is 14.2 Å². The number of fused-ring (bicyclic) bond motifs is 1. The fourth-order valence-electron chi connectivity index (χ4n) is 2.74. The first-order valence-electron chi connectivity index (χ1n) is 7.32. The van der Waals surface area contributed by atoms with Crippen LogP contribution in [0.3, 0.4) is 0 Å². The Balaban J connectivity index is 2.13. The predicted molar refractivity (Wildman–Crippen MR) is 92.2 cm³/mol. The molecule has 1 aliphatic heterocycles. The zero-order chi connectivity index (χ0) is 17.3. The molecule has 1 N–H and O–H groups in total. The van der Waals surface area contributed by atoms with E-state index in [1.54, 1.807) is 39.3 Å². The van der Waals surface area contributed by atoms with Gasteiger partial charge in [-0.15, -0.1) is 11.8 Å². The number of amides is 1. The van der Waals surface area contributed by atoms with Crippen LogP contribution in [0.15, 0.2) is 18.3 Å². The summed E-state index contributed by atoms with van der Waals surface area (Å²) in [4.78, 5) is 12.0. The molecule has 0 radical (unpaired) electrons. The maximum absolute atomic E-state index is 12.0. The Bertz CT molecular complexity index is 750. The minimum Gasteiger partial charge on any atom is -0.493 e. The van der Waals surface area contributed by atoms with Crippen molar-refractivity contribution >= 4 is 23.5 Å². The lowest BCUT2D eigenvalue weighted by Crippen LogP contribution is -2.15. The highest BCUT2D eigenvalue weighted by Gasteiger charge is 2.28. The lowest BCUT2D eigenvalue weighted by atomic mass is 10.0. The van der Waals surface area contributed by atoms with Crippen molar-refractivity contribution in [1.29, 1.82) is 0 Å². The van der Waals surface area contributed by atoms with E-state index in [2.05, 4.69) is 10.4 Å². The van der Waals surface area contributed by atoms with Crippen molar-refractivity contribution in [2.75, 3.05) is 32.4 Å². The van der Waals surface area contributed by atoms with E-state index < -0.39 is 0 Å². The highest BCUT2D eigenvalue weighted by Crippen LogP contribution is 2.46. The minimum atomic E-state index is -0.0682. The quantitative estimate of drug-likeness (QED) is 0.912. The van der Waals surface area contributed by atoms with Crippen LogP contribution >= 0.6 is 11.8 Å². The molecule has 0 saturated carbocycles. The monoisotopic (exact) mass is 349 g/mol. The fourth-order valence-corrected chi connectivity index (χ4v) is 3.82. The van der Waals surface area contributed by atoms with E-state index >= 15 is 0 Å². The summed E-state index contributed by atoms with van der Waals surface area (Å²) in [6, 6.07) is 3.82. The van der Waals surface area contributed by atoms with Gasteiger partial charge in [0, 0.05) is 12.6 Å². The summed E-state index contributed by atoms with van der Waals surface area (Å²) in [6.07, 6.45) is 1.78. The number of carbonyl (C=O) groups is 1. The minimum absolute atomic E-state index is 0.0419. The van der Waals surface area contributed by atoms with Crippen LogP contribution in [0.2, 0.25) is 0 Å². The van der Waals surface area contributed by atoms with Crippen molar-refractivity contribution in [3.8, 4) is 17.2 Å². The molecule has 1 aliphatic rings. The summed E-state index contributed by atoms with van der Waals surface area (Å²) in [5.41, 5.74) is 1.91. The third-order valence-corrected chi connectivity index (χ3v) is 5.17. The smallest absolute Gasteiger partial charge is 0.235 e. The van der Waals surface area contributed by atoms with E-state index in [1.165, 1.54) is 11.8 Å². The number of nitrogens with one attached hydrogen (secondary N) is 1. The Hall–Kier alpha value is -2.35. The first kappa shape index (κ1) is 16.5. The third kappa shape index (κ3) is 2.77. The molecule has 1 atom stereocenters. The molecule has 0 saturated heterocycles. The van der Waals surface area contributed by atoms with E-state index in [9.17, 15) is 4.79 Å². The van der Waals surface area contributed by atoms with Crippen molar-refractivity contribution in [1.82, 2.24) is 9.78 Å². The van der Waals surface area contributed by atoms with Crippen LogP contribution in [-0.2, 0) is 11.8 Å². The molecule has 1 aromatic heterocycles. The third-order valence-electron chi connectivity index (χ3n) is 3.88. The Morgan fingerprint density at radius 3 is 2.46 bits per heavy atom. The van der Waals surface area contributed by atoms with Crippen LogP contribution in [0.5, 0.6) is 17.2 Å². The Morgan fingerprint density at radius 2 is 1.88 bits per heavy atom. The number of thioether (sulfide) groups is 1. The summed E-state index contributed by atoms with van der Waals surface area (Å²) in [7, 11) is 6.55. The molecular weight excluding hydrogens is 330 g/mol. The van der Waals surface area contributed by atoms with Gasteiger partial charge in [-0.1, -0.05) is 0 Å². The van der Waals surface area contributed by atoms with Gasteiger partial charge in [0.25, 0.3) is 0 Å². The zero-order valence-electron chi connectivity index (χ0n) is 14.0. The molecule has 7 nitrogen and oxygen atoms in total. The first-order valence-corrected chi connectivity index (χ1v) is 8.37. The van der Waals surface area contributed by atoms with Gasteiger partial charge in [0.2, 0.25) is 11.7 Å². The molecule has 0 fully saturated rings. The van der Waals surface area contributed by atoms with Crippen molar-refractivity contribution in [2.45, 2.75) is 5.25 Å². The highest BCUT2D eigenvalue weighted by molar-refractivity contribution is 8.00. The van der Waals surface area contributed by atoms with Gasteiger partial charge in [0.15, 0.2) is 11.5 Å². The van der Waals surface area contributed by atoms with Crippen LogP contribution in [-0.4, -0.2) is 42.8 Å². The normalized spacial score (nSPS) is 16.8. The lowest BCUT2D eigenvalue weighted by molar-refractivity contribution is -0.113. The number of anilines is 1. The molecule has 1 amide bonds. The Labute approximate surface area is 144 Å². The topological polar surface area (TPSA) is 74.6 Å². The number of nitrogens with zero attached hydrogens (tertiary/aromatic N) is 2. The summed E-state index contributed by atoms with van der Waals surface area (Å²) in [5, 5.41) is 7.11. The summed E-state index contributed by atoms with van der Waals surface area (Å²) >= 11 is 1.54. The van der Waals surface area contributed by atoms with Crippen molar-refractivity contribution in [2.24, 2.45) is 7.05 Å². The fraction of sp³-hybridized carbons (Fsp3) is 0.375. The van der Waals surface area contributed by atoms with Crippen LogP contribution < -0.4 is 19.5 Å². The summed E-state index contributed by atoms with van der Waals surface area (Å²) < 4.78 is 17.9. The zero-order valence-corrected chi connectivity index (χ0v) is 14.8. The van der Waals surface area contributed by atoms with Crippen molar-refractivity contribution < 1.29 is 19.0 Å². The summed E-state index contributed by atoms with van der Waals surface area (Å²) in [6.45, 7) is 0. The number of aryl methyl sites for hydroxylation is 1. The van der Waals surface area contributed by atoms with Gasteiger partial charge in [0.05, 0.1) is 38.5 Å². The number of hydrogen-bond acceptors (Lipinski definition) is 6. The van der Waals surface area contributed by atoms with Crippen molar-refractivity contribution in [3.63, 3.8) is 0 Å². The number of carbonyl (C=O) groups excluding carboxylic acids is 1. The maximum atomic E-state index is 12.0. The van der Waals surface area contributed by atoms with Gasteiger partial charge in [0.1, 0.15) is 5.82 Å². The molecular formula is C16H19N3O4S. The van der Waals surface area contributed by atoms with Gasteiger partial charge in [-0.25, -0.2) is 0 Å². The van der Waals surface area contributed by atoms with Crippen molar-refractivity contribution in [3.05, 3.63) is 29.5 Å². The molecule has 0 spiro atoms. The van der Waals surface area contributed by atoms with E-state index in [-0.39, 0.29) is 11.2 Å². The molecule has 0 aliphatic carbocycles. The molecule has 1 unspecified atom stereocenters. The second-order valence-electron chi connectivity index (χ2n) is 5.27. The van der Waals surface area contributed by atoms with E-state index in [1.807, 2.05) is 12.1 Å². The molecule has 2 aromatic rings. The number of rotatable bonds is 4. The average molecular weight is 349 g/mol. The number of methoxy groups -OCH3 is 3. The standard InChI is InChI=1S/C16H19N3O4S/c1-19-16-10(7-17-19)15(24-8-13(20)18-16)9-5-11(21-2)14(23-4)12(6-9)22-3/h5-7,15H,8H2,1-4H3,(H,18,20).